The van der Waals surface area contributed by atoms with Crippen molar-refractivity contribution in [3.8, 4) is 11.3 Å². The van der Waals surface area contributed by atoms with Crippen molar-refractivity contribution in [1.82, 2.24) is 19.6 Å². The smallest absolute Gasteiger partial charge is 0.229 e. The molecule has 3 N–H and O–H groups in total. The van der Waals surface area contributed by atoms with Crippen LogP contribution < -0.4 is 16.0 Å². The highest BCUT2D eigenvalue weighted by Gasteiger charge is 2.36. The van der Waals surface area contributed by atoms with Crippen molar-refractivity contribution in [2.75, 3.05) is 36.5 Å². The Morgan fingerprint density at radius 1 is 1.08 bits per heavy atom. The molecule has 2 aliphatic heterocycles. The van der Waals surface area contributed by atoms with E-state index in [-0.39, 0.29) is 48.9 Å². The van der Waals surface area contributed by atoms with Crippen LogP contribution >= 0.6 is 0 Å². The van der Waals surface area contributed by atoms with E-state index < -0.39 is 17.3 Å². The number of nitrogens with zero attached hydrogens (tertiary/aromatic N) is 5. The zero-order valence-electron chi connectivity index (χ0n) is 21.6. The van der Waals surface area contributed by atoms with Gasteiger partial charge in [0.2, 0.25) is 5.95 Å². The summed E-state index contributed by atoms with van der Waals surface area (Å²) < 4.78 is 52.6. The van der Waals surface area contributed by atoms with E-state index in [0.29, 0.717) is 23.1 Å². The number of nitrogens with one attached hydrogen (secondary N) is 1. The lowest BCUT2D eigenvalue weighted by atomic mass is 9.87. The van der Waals surface area contributed by atoms with Gasteiger partial charge in [-0.1, -0.05) is 6.92 Å². The molecule has 0 spiro atoms. The summed E-state index contributed by atoms with van der Waals surface area (Å²) in [5.74, 6) is -0.945. The fourth-order valence-corrected chi connectivity index (χ4v) is 5.64. The first-order valence-corrected chi connectivity index (χ1v) is 13.1. The third-order valence-corrected chi connectivity index (χ3v) is 7.56. The number of hydrogen-bond donors (Lipinski definition) is 2. The first kappa shape index (κ1) is 25.6. The van der Waals surface area contributed by atoms with Crippen LogP contribution in [0.2, 0.25) is 0 Å². The van der Waals surface area contributed by atoms with Crippen molar-refractivity contribution in [2.45, 2.75) is 37.9 Å². The second-order valence-electron chi connectivity index (χ2n) is 10.6. The Morgan fingerprint density at radius 3 is 2.59 bits per heavy atom. The lowest BCUT2D eigenvalue weighted by molar-refractivity contribution is -0.0117. The minimum absolute atomic E-state index is 0.0218. The van der Waals surface area contributed by atoms with Crippen molar-refractivity contribution in [3.63, 3.8) is 0 Å². The van der Waals surface area contributed by atoms with Gasteiger partial charge in [-0.25, -0.2) is 18.2 Å². The van der Waals surface area contributed by atoms with Gasteiger partial charge in [-0.15, -0.1) is 0 Å². The van der Waals surface area contributed by atoms with Crippen LogP contribution in [0, 0.1) is 17.6 Å². The highest BCUT2D eigenvalue weighted by Crippen LogP contribution is 2.39. The zero-order chi connectivity index (χ0) is 27.1. The van der Waals surface area contributed by atoms with E-state index in [1.807, 2.05) is 6.07 Å². The van der Waals surface area contributed by atoms with Gasteiger partial charge in [-0.3, -0.25) is 4.98 Å². The number of pyridine rings is 1. The summed E-state index contributed by atoms with van der Waals surface area (Å²) in [5, 5.41) is 7.78. The molecule has 0 radical (unpaired) electrons. The summed E-state index contributed by atoms with van der Waals surface area (Å²) in [4.78, 5) is 10.9. The normalized spacial score (nSPS) is 21.3. The van der Waals surface area contributed by atoms with Gasteiger partial charge in [0.25, 0.3) is 0 Å². The van der Waals surface area contributed by atoms with Crippen molar-refractivity contribution < 1.29 is 17.9 Å². The lowest BCUT2D eigenvalue weighted by Crippen LogP contribution is -2.46. The molecule has 2 fully saturated rings. The largest absolute Gasteiger partial charge is 0.381 e. The molecule has 11 heteroatoms. The third-order valence-electron chi connectivity index (χ3n) is 7.56. The topological polar surface area (TPSA) is 93.6 Å². The number of hydrogen-bond acceptors (Lipinski definition) is 7. The molecule has 2 saturated heterocycles. The van der Waals surface area contributed by atoms with Crippen molar-refractivity contribution in [1.29, 1.82) is 0 Å². The fourth-order valence-electron chi connectivity index (χ4n) is 5.64. The number of halogens is 3. The maximum absolute atomic E-state index is 15.4. The summed E-state index contributed by atoms with van der Waals surface area (Å²) in [5.41, 5.74) is 6.44. The number of nitrogens with two attached hydrogens (primary N) is 1. The van der Waals surface area contributed by atoms with E-state index in [9.17, 15) is 0 Å². The number of anilines is 3. The first-order chi connectivity index (χ1) is 18.8. The second kappa shape index (κ2) is 10.1. The molecule has 6 rings (SSSR count). The number of benzene rings is 1. The van der Waals surface area contributed by atoms with Crippen LogP contribution in [0.4, 0.5) is 30.5 Å². The number of aromatic nitrogens is 4. The van der Waals surface area contributed by atoms with E-state index in [2.05, 4.69) is 32.2 Å². The molecule has 0 unspecified atom stereocenters. The molecule has 4 aromatic rings. The molecule has 2 atom stereocenters. The lowest BCUT2D eigenvalue weighted by Gasteiger charge is -2.37. The van der Waals surface area contributed by atoms with Gasteiger partial charge in [-0.2, -0.15) is 9.61 Å². The maximum Gasteiger partial charge on any atom is 0.229 e. The predicted molar refractivity (Wildman–Crippen MR) is 143 cm³/mol. The predicted octanol–water partition coefficient (Wildman–Crippen LogP) is 4.96. The summed E-state index contributed by atoms with van der Waals surface area (Å²) >= 11 is 0. The summed E-state index contributed by atoms with van der Waals surface area (Å²) in [6.45, 7) is 4.17. The third kappa shape index (κ3) is 4.92. The fraction of sp³-hybridized carbons (Fsp3) is 0.393. The zero-order valence-corrected chi connectivity index (χ0v) is 21.6. The van der Waals surface area contributed by atoms with Crippen LogP contribution in [-0.4, -0.2) is 51.9 Å². The van der Waals surface area contributed by atoms with Crippen molar-refractivity contribution in [3.05, 3.63) is 66.1 Å². The quantitative estimate of drug-likeness (QED) is 0.372. The van der Waals surface area contributed by atoms with E-state index in [0.717, 1.165) is 37.3 Å². The molecule has 0 amide bonds. The number of ether oxygens (including phenoxy) is 1. The van der Waals surface area contributed by atoms with E-state index >= 15 is 13.2 Å². The van der Waals surface area contributed by atoms with E-state index in [4.69, 9.17) is 10.5 Å². The molecular weight excluding hydrogens is 507 g/mol. The average molecular weight is 538 g/mol. The highest BCUT2D eigenvalue weighted by atomic mass is 19.1. The van der Waals surface area contributed by atoms with E-state index in [1.54, 1.807) is 24.7 Å². The SMILES string of the molecule is C[C@@H]1C[C@H](N)CN(c2ccncc2Nc2ncc3ccc(-c4c(F)cc(C5(F)CCOCC5)cc4F)nn23)C1. The Balaban J connectivity index is 1.33. The van der Waals surface area contributed by atoms with Gasteiger partial charge < -0.3 is 20.7 Å². The average Bonchev–Trinajstić information content (AvgIpc) is 3.30. The Bertz CT molecular complexity index is 1470. The van der Waals surface area contributed by atoms with E-state index in [1.165, 1.54) is 10.6 Å². The Hall–Kier alpha value is -3.70. The Morgan fingerprint density at radius 2 is 1.85 bits per heavy atom. The number of alkyl halides is 1. The van der Waals surface area contributed by atoms with Crippen LogP contribution in [0.5, 0.6) is 0 Å². The van der Waals surface area contributed by atoms with Gasteiger partial charge >= 0.3 is 0 Å². The summed E-state index contributed by atoms with van der Waals surface area (Å²) in [6.07, 6.45) is 6.11. The van der Waals surface area contributed by atoms with Crippen molar-refractivity contribution >= 4 is 22.8 Å². The summed E-state index contributed by atoms with van der Waals surface area (Å²) in [7, 11) is 0. The minimum atomic E-state index is -1.82. The van der Waals surface area contributed by atoms with Gasteiger partial charge in [-0.05, 0) is 48.2 Å². The molecular formula is C28H30F3N7O. The molecule has 0 bridgehead atoms. The summed E-state index contributed by atoms with van der Waals surface area (Å²) in [6, 6.07) is 7.32. The molecule has 5 heterocycles. The first-order valence-electron chi connectivity index (χ1n) is 13.1. The molecule has 2 aliphatic rings. The molecule has 0 saturated carbocycles. The van der Waals surface area contributed by atoms with Crippen LogP contribution in [0.25, 0.3) is 16.8 Å². The van der Waals surface area contributed by atoms with Crippen LogP contribution in [0.15, 0.2) is 48.9 Å². The molecule has 0 aliphatic carbocycles. The van der Waals surface area contributed by atoms with Gasteiger partial charge in [0.15, 0.2) is 0 Å². The number of imidazole rings is 1. The molecule has 8 nitrogen and oxygen atoms in total. The van der Waals surface area contributed by atoms with Crippen LogP contribution in [0.3, 0.4) is 0 Å². The number of fused-ring (bicyclic) bond motifs is 1. The van der Waals surface area contributed by atoms with Gasteiger partial charge in [0.05, 0.1) is 40.5 Å². The molecule has 1 aromatic carbocycles. The van der Waals surface area contributed by atoms with Crippen LogP contribution in [-0.2, 0) is 10.4 Å². The molecule has 39 heavy (non-hydrogen) atoms. The maximum atomic E-state index is 15.4. The Kier molecular flexibility index (Phi) is 6.64. The second-order valence-corrected chi connectivity index (χ2v) is 10.6. The number of rotatable bonds is 5. The van der Waals surface area contributed by atoms with Gasteiger partial charge in [0.1, 0.15) is 17.3 Å². The monoisotopic (exact) mass is 537 g/mol. The number of piperidine rings is 1. The van der Waals surface area contributed by atoms with Gasteiger partial charge in [0, 0.05) is 51.4 Å². The Labute approximate surface area is 224 Å². The molecule has 3 aromatic heterocycles. The van der Waals surface area contributed by atoms with Crippen molar-refractivity contribution in [2.24, 2.45) is 11.7 Å². The minimum Gasteiger partial charge on any atom is -0.381 e. The highest BCUT2D eigenvalue weighted by molar-refractivity contribution is 5.74. The molecule has 204 valence electrons. The van der Waals surface area contributed by atoms with Crippen LogP contribution in [0.1, 0.15) is 31.7 Å². The standard InChI is InChI=1S/C28H30F3N7O/c1-17-10-19(32)16-37(15-17)25-4-7-33-14-24(25)35-27-34-13-20-2-3-23(36-38(20)27)26-21(29)11-18(12-22(26)30)28(31)5-8-39-9-6-28/h2-4,7,11-14,17,19H,5-6,8-10,15-16,32H2,1H3,(H,34,35)/t17-,19+/m1/s1.